The van der Waals surface area contributed by atoms with Gasteiger partial charge in [0.25, 0.3) is 5.91 Å². The Labute approximate surface area is 160 Å². The number of hydrogen-bond acceptors (Lipinski definition) is 5. The first-order valence-corrected chi connectivity index (χ1v) is 8.65. The first kappa shape index (κ1) is 17.9. The zero-order valence-electron chi connectivity index (χ0n) is 14.3. The van der Waals surface area contributed by atoms with E-state index in [1.807, 2.05) is 43.3 Å². The van der Waals surface area contributed by atoms with Gasteiger partial charge in [-0.1, -0.05) is 22.0 Å². The lowest BCUT2D eigenvalue weighted by Gasteiger charge is -2.12. The van der Waals surface area contributed by atoms with Crippen molar-refractivity contribution in [3.05, 3.63) is 71.0 Å². The molecule has 26 heavy (non-hydrogen) atoms. The topological polar surface area (TPSA) is 67.4 Å². The summed E-state index contributed by atoms with van der Waals surface area (Å²) in [6, 6.07) is 14.3. The van der Waals surface area contributed by atoms with Crippen LogP contribution in [0.5, 0.6) is 11.6 Å². The van der Waals surface area contributed by atoms with Gasteiger partial charge in [-0.05, 0) is 36.4 Å². The minimum atomic E-state index is -0.224. The predicted octanol–water partition coefficient (Wildman–Crippen LogP) is 4.35. The summed E-state index contributed by atoms with van der Waals surface area (Å²) in [5.41, 5.74) is 1.11. The van der Waals surface area contributed by atoms with Crippen LogP contribution < -0.4 is 15.0 Å². The second kappa shape index (κ2) is 7.97. The maximum Gasteiger partial charge on any atom is 0.255 e. The number of nitrogens with zero attached hydrogens (tertiary/aromatic N) is 3. The fraction of sp³-hybridized carbons (Fsp3) is 0.105. The van der Waals surface area contributed by atoms with Gasteiger partial charge >= 0.3 is 0 Å². The minimum absolute atomic E-state index is 0.224. The second-order valence-corrected chi connectivity index (χ2v) is 6.61. The maximum atomic E-state index is 12.4. The Kier molecular flexibility index (Phi) is 5.48. The Hall–Kier alpha value is -2.93. The Bertz CT molecular complexity index is 913. The number of pyridine rings is 2. The van der Waals surface area contributed by atoms with Crippen LogP contribution in [-0.4, -0.2) is 30.0 Å². The van der Waals surface area contributed by atoms with Gasteiger partial charge in [0.15, 0.2) is 0 Å². The highest BCUT2D eigenvalue weighted by atomic mass is 79.9. The van der Waals surface area contributed by atoms with Gasteiger partial charge in [-0.25, -0.2) is 9.97 Å². The molecule has 3 rings (SSSR count). The molecule has 132 valence electrons. The SMILES string of the molecule is CN(C)c1cc(C(=O)Nc2ccc(Oc3cccc(Br)c3)nc2)ccn1. The molecule has 0 aliphatic heterocycles. The summed E-state index contributed by atoms with van der Waals surface area (Å²) in [6.07, 6.45) is 3.16. The summed E-state index contributed by atoms with van der Waals surface area (Å²) >= 11 is 3.39. The van der Waals surface area contributed by atoms with Gasteiger partial charge in [-0.3, -0.25) is 4.79 Å². The summed E-state index contributed by atoms with van der Waals surface area (Å²) in [5, 5.41) is 2.81. The molecular formula is C19H17BrN4O2. The number of hydrogen-bond donors (Lipinski definition) is 1. The highest BCUT2D eigenvalue weighted by Gasteiger charge is 2.09. The average Bonchev–Trinajstić information content (AvgIpc) is 2.63. The number of halogens is 1. The van der Waals surface area contributed by atoms with E-state index < -0.39 is 0 Å². The van der Waals surface area contributed by atoms with E-state index in [2.05, 4.69) is 31.2 Å². The van der Waals surface area contributed by atoms with Crippen molar-refractivity contribution in [2.45, 2.75) is 0 Å². The highest BCUT2D eigenvalue weighted by molar-refractivity contribution is 9.10. The summed E-state index contributed by atoms with van der Waals surface area (Å²) in [5.74, 6) is 1.61. The molecular weight excluding hydrogens is 396 g/mol. The van der Waals surface area contributed by atoms with Crippen molar-refractivity contribution in [1.82, 2.24) is 9.97 Å². The number of nitrogens with one attached hydrogen (secondary N) is 1. The molecule has 0 radical (unpaired) electrons. The van der Waals surface area contributed by atoms with Crippen molar-refractivity contribution in [2.24, 2.45) is 0 Å². The third-order valence-electron chi connectivity index (χ3n) is 3.48. The van der Waals surface area contributed by atoms with E-state index in [-0.39, 0.29) is 5.91 Å². The van der Waals surface area contributed by atoms with E-state index in [4.69, 9.17) is 4.74 Å². The smallest absolute Gasteiger partial charge is 0.255 e. The van der Waals surface area contributed by atoms with Crippen LogP contribution in [0.1, 0.15) is 10.4 Å². The molecule has 0 saturated heterocycles. The fourth-order valence-corrected chi connectivity index (χ4v) is 2.55. The van der Waals surface area contributed by atoms with Gasteiger partial charge in [-0.2, -0.15) is 0 Å². The van der Waals surface area contributed by atoms with Crippen LogP contribution in [0.3, 0.4) is 0 Å². The van der Waals surface area contributed by atoms with Crippen molar-refractivity contribution >= 4 is 33.3 Å². The Morgan fingerprint density at radius 3 is 2.65 bits per heavy atom. The Balaban J connectivity index is 1.67. The highest BCUT2D eigenvalue weighted by Crippen LogP contribution is 2.23. The quantitative estimate of drug-likeness (QED) is 0.674. The van der Waals surface area contributed by atoms with Crippen molar-refractivity contribution in [1.29, 1.82) is 0 Å². The van der Waals surface area contributed by atoms with E-state index in [9.17, 15) is 4.79 Å². The van der Waals surface area contributed by atoms with Gasteiger partial charge in [0, 0.05) is 36.4 Å². The molecule has 1 amide bonds. The van der Waals surface area contributed by atoms with Crippen molar-refractivity contribution in [3.63, 3.8) is 0 Å². The fourth-order valence-electron chi connectivity index (χ4n) is 2.17. The van der Waals surface area contributed by atoms with Crippen molar-refractivity contribution < 1.29 is 9.53 Å². The van der Waals surface area contributed by atoms with Crippen LogP contribution in [0.25, 0.3) is 0 Å². The number of carbonyl (C=O) groups is 1. The molecule has 7 heteroatoms. The number of rotatable bonds is 5. The van der Waals surface area contributed by atoms with E-state index in [1.165, 1.54) is 0 Å². The number of ether oxygens (including phenoxy) is 1. The number of benzene rings is 1. The van der Waals surface area contributed by atoms with Crippen LogP contribution in [-0.2, 0) is 0 Å². The summed E-state index contributed by atoms with van der Waals surface area (Å²) in [4.78, 5) is 22.6. The number of carbonyl (C=O) groups excluding carboxylic acids is 1. The van der Waals surface area contributed by atoms with E-state index in [0.29, 0.717) is 28.7 Å². The zero-order valence-corrected chi connectivity index (χ0v) is 15.9. The molecule has 0 saturated carbocycles. The molecule has 0 fully saturated rings. The third kappa shape index (κ3) is 4.58. The predicted molar refractivity (Wildman–Crippen MR) is 105 cm³/mol. The number of aromatic nitrogens is 2. The van der Waals surface area contributed by atoms with Crippen LogP contribution >= 0.6 is 15.9 Å². The molecule has 0 aliphatic rings. The van der Waals surface area contributed by atoms with E-state index in [0.717, 1.165) is 4.47 Å². The average molecular weight is 413 g/mol. The van der Waals surface area contributed by atoms with E-state index >= 15 is 0 Å². The van der Waals surface area contributed by atoms with Crippen LogP contribution in [0.4, 0.5) is 11.5 Å². The summed E-state index contributed by atoms with van der Waals surface area (Å²) in [7, 11) is 3.75. The van der Waals surface area contributed by atoms with Gasteiger partial charge < -0.3 is 15.0 Å². The minimum Gasteiger partial charge on any atom is -0.439 e. The molecule has 0 unspecified atom stereocenters. The molecule has 2 aromatic heterocycles. The van der Waals surface area contributed by atoms with Crippen LogP contribution in [0.2, 0.25) is 0 Å². The summed E-state index contributed by atoms with van der Waals surface area (Å²) in [6.45, 7) is 0. The first-order chi connectivity index (χ1) is 12.5. The monoisotopic (exact) mass is 412 g/mol. The lowest BCUT2D eigenvalue weighted by Crippen LogP contribution is -2.15. The molecule has 3 aromatic rings. The Morgan fingerprint density at radius 1 is 1.12 bits per heavy atom. The maximum absolute atomic E-state index is 12.4. The van der Waals surface area contributed by atoms with Crippen molar-refractivity contribution in [3.8, 4) is 11.6 Å². The lowest BCUT2D eigenvalue weighted by atomic mass is 10.2. The van der Waals surface area contributed by atoms with Gasteiger partial charge in [0.05, 0.1) is 11.9 Å². The normalized spacial score (nSPS) is 10.3. The number of amides is 1. The van der Waals surface area contributed by atoms with Crippen molar-refractivity contribution in [2.75, 3.05) is 24.3 Å². The van der Waals surface area contributed by atoms with E-state index in [1.54, 1.807) is 36.7 Å². The largest absolute Gasteiger partial charge is 0.439 e. The van der Waals surface area contributed by atoms with Gasteiger partial charge in [-0.15, -0.1) is 0 Å². The second-order valence-electron chi connectivity index (χ2n) is 5.70. The zero-order chi connectivity index (χ0) is 18.5. The lowest BCUT2D eigenvalue weighted by molar-refractivity contribution is 0.102. The van der Waals surface area contributed by atoms with Crippen LogP contribution in [0.15, 0.2) is 65.4 Å². The van der Waals surface area contributed by atoms with Crippen LogP contribution in [0, 0.1) is 0 Å². The molecule has 6 nitrogen and oxygen atoms in total. The number of anilines is 2. The Morgan fingerprint density at radius 2 is 1.96 bits per heavy atom. The summed E-state index contributed by atoms with van der Waals surface area (Å²) < 4.78 is 6.60. The molecule has 0 bridgehead atoms. The molecule has 1 aromatic carbocycles. The third-order valence-corrected chi connectivity index (χ3v) is 3.97. The molecule has 0 atom stereocenters. The van der Waals surface area contributed by atoms with Gasteiger partial charge in [0.2, 0.25) is 5.88 Å². The standard InChI is InChI=1S/C19H17BrN4O2/c1-24(2)17-10-13(8-9-21-17)19(25)23-15-6-7-18(22-12-15)26-16-5-3-4-14(20)11-16/h3-12H,1-2H3,(H,23,25). The molecule has 0 aliphatic carbocycles. The molecule has 1 N–H and O–H groups in total. The molecule has 2 heterocycles. The first-order valence-electron chi connectivity index (χ1n) is 7.85. The molecule has 0 spiro atoms. The van der Waals surface area contributed by atoms with Gasteiger partial charge in [0.1, 0.15) is 11.6 Å².